The molecule has 3 saturated heterocycles. The summed E-state index contributed by atoms with van der Waals surface area (Å²) in [5.74, 6) is 1.27. The number of pyridine rings is 1. The Morgan fingerprint density at radius 1 is 1.00 bits per heavy atom. The highest BCUT2D eigenvalue weighted by Gasteiger charge is 2.49. The number of carbonyl (C=O) groups excluding carboxylic acids is 2. The minimum absolute atomic E-state index is 0.166. The van der Waals surface area contributed by atoms with Gasteiger partial charge in [0.2, 0.25) is 11.8 Å². The summed E-state index contributed by atoms with van der Waals surface area (Å²) in [6.07, 6.45) is 6.71. The van der Waals surface area contributed by atoms with Crippen molar-refractivity contribution < 1.29 is 28.9 Å². The molecule has 2 N–H and O–H groups in total. The number of amides is 2. The van der Waals surface area contributed by atoms with Gasteiger partial charge in [-0.05, 0) is 73.5 Å². The molecule has 0 saturated carbocycles. The van der Waals surface area contributed by atoms with E-state index in [9.17, 15) is 20.0 Å². The fourth-order valence-electron chi connectivity index (χ4n) is 8.51. The molecule has 290 valence electrons. The Labute approximate surface area is 336 Å². The van der Waals surface area contributed by atoms with E-state index in [4.69, 9.17) is 37.4 Å². The number of imide groups is 1. The van der Waals surface area contributed by atoms with Gasteiger partial charge in [-0.25, -0.2) is 0 Å². The van der Waals surface area contributed by atoms with Crippen LogP contribution in [0, 0.1) is 16.7 Å². The Morgan fingerprint density at radius 2 is 1.84 bits per heavy atom. The summed E-state index contributed by atoms with van der Waals surface area (Å²) in [7, 11) is 0. The summed E-state index contributed by atoms with van der Waals surface area (Å²) >= 11 is 14.0. The number of carbonyl (C=O) groups is 2. The molecule has 56 heavy (non-hydrogen) atoms. The fraction of sp³-hybridized carbons (Fsp3) is 0.395. The van der Waals surface area contributed by atoms with E-state index in [0.29, 0.717) is 59.0 Å². The first-order valence-electron chi connectivity index (χ1n) is 19.1. The number of benzene rings is 3. The lowest BCUT2D eigenvalue weighted by Crippen LogP contribution is -2.50. The van der Waals surface area contributed by atoms with Gasteiger partial charge in [0.1, 0.15) is 36.0 Å². The van der Waals surface area contributed by atoms with Crippen molar-refractivity contribution in [3.8, 4) is 34.4 Å². The third-order valence-corrected chi connectivity index (χ3v) is 12.0. The summed E-state index contributed by atoms with van der Waals surface area (Å²) in [6, 6.07) is 19.6. The Hall–Kier alpha value is -4.70. The summed E-state index contributed by atoms with van der Waals surface area (Å²) < 4.78 is 19.2. The van der Waals surface area contributed by atoms with Crippen molar-refractivity contribution in [2.45, 2.75) is 63.9 Å². The molecule has 1 spiro atoms. The third-order valence-electron chi connectivity index (χ3n) is 11.3. The van der Waals surface area contributed by atoms with Gasteiger partial charge in [0, 0.05) is 74.3 Å². The Balaban J connectivity index is 1.02. The van der Waals surface area contributed by atoms with Crippen LogP contribution in [0.4, 0.5) is 0 Å². The first-order chi connectivity index (χ1) is 27.2. The normalized spacial score (nSPS) is 21.1. The van der Waals surface area contributed by atoms with Crippen LogP contribution in [0.2, 0.25) is 10.0 Å². The smallest absolute Gasteiger partial charge is 0.234 e. The van der Waals surface area contributed by atoms with Crippen molar-refractivity contribution in [2.75, 3.05) is 39.3 Å². The molecule has 3 aliphatic heterocycles. The minimum atomic E-state index is -0.723. The van der Waals surface area contributed by atoms with Crippen LogP contribution >= 0.6 is 23.2 Å². The van der Waals surface area contributed by atoms with Crippen LogP contribution in [0.25, 0.3) is 11.1 Å². The second kappa shape index (κ2) is 16.4. The highest BCUT2D eigenvalue weighted by atomic mass is 35.5. The average Bonchev–Trinajstić information content (AvgIpc) is 3.71. The topological polar surface area (TPSA) is 137 Å². The molecule has 4 aliphatic rings. The Morgan fingerprint density at radius 3 is 2.64 bits per heavy atom. The second-order valence-electron chi connectivity index (χ2n) is 15.3. The molecule has 8 rings (SSSR count). The van der Waals surface area contributed by atoms with Crippen LogP contribution in [0.3, 0.4) is 0 Å². The van der Waals surface area contributed by atoms with Crippen molar-refractivity contribution in [1.29, 1.82) is 5.26 Å². The number of aromatic nitrogens is 1. The molecular weight excluding hydrogens is 753 g/mol. The molecule has 0 radical (unpaired) electrons. The van der Waals surface area contributed by atoms with Crippen LogP contribution in [0.15, 0.2) is 67.0 Å². The minimum Gasteiger partial charge on any atom is -0.492 e. The monoisotopic (exact) mass is 795 g/mol. The van der Waals surface area contributed by atoms with Gasteiger partial charge in [-0.1, -0.05) is 53.5 Å². The largest absolute Gasteiger partial charge is 0.492 e. The van der Waals surface area contributed by atoms with E-state index in [2.05, 4.69) is 38.3 Å². The molecule has 2 atom stereocenters. The molecule has 2 amide bonds. The summed E-state index contributed by atoms with van der Waals surface area (Å²) in [4.78, 5) is 33.6. The number of aliphatic hydroxyl groups is 1. The maximum Gasteiger partial charge on any atom is 0.234 e. The number of nitriles is 1. The molecule has 1 aliphatic carbocycles. The van der Waals surface area contributed by atoms with E-state index in [1.807, 2.05) is 36.4 Å². The second-order valence-corrected chi connectivity index (χ2v) is 16.1. The number of likely N-dealkylation sites (tertiary alicyclic amines) is 2. The van der Waals surface area contributed by atoms with Crippen LogP contribution in [0.5, 0.6) is 17.2 Å². The quantitative estimate of drug-likeness (QED) is 0.112. The predicted octanol–water partition coefficient (Wildman–Crippen LogP) is 6.65. The number of aliphatic hydroxyl groups excluding tert-OH is 1. The van der Waals surface area contributed by atoms with Gasteiger partial charge >= 0.3 is 0 Å². The van der Waals surface area contributed by atoms with Crippen molar-refractivity contribution in [2.24, 2.45) is 5.41 Å². The number of hydrogen-bond donors (Lipinski definition) is 2. The van der Waals surface area contributed by atoms with Crippen LogP contribution in [-0.2, 0) is 29.2 Å². The van der Waals surface area contributed by atoms with Gasteiger partial charge in [-0.2, -0.15) is 5.26 Å². The van der Waals surface area contributed by atoms with Gasteiger partial charge in [0.05, 0.1) is 33.7 Å². The standard InChI is InChI=1S/C43H43Cl2N5O6/c44-35-16-29(22-50-12-3-11-43(26-50)18-40(52)48-42(43)53)38(55-25-28-15-27(19-46)20-47-21-28)17-39(35)56-36-10-9-32-31(5-1-6-33(32)36)34-7-2-8-37(41(34)45)54-14-4-13-49-23-30(51)24-49/h1-2,5-8,15-17,20-21,30,36,51H,3-4,9-14,18,22-26H2,(H,48,52,53)/t36-,43?/m0/s1. The molecule has 3 aromatic carbocycles. The van der Waals surface area contributed by atoms with E-state index in [1.165, 1.54) is 6.20 Å². The molecule has 4 heterocycles. The average molecular weight is 797 g/mol. The maximum absolute atomic E-state index is 12.8. The third kappa shape index (κ3) is 8.08. The van der Waals surface area contributed by atoms with Gasteiger partial charge in [0.25, 0.3) is 0 Å². The molecular formula is C43H43Cl2N5O6. The molecule has 4 aromatic rings. The number of fused-ring (bicyclic) bond motifs is 1. The lowest BCUT2D eigenvalue weighted by Gasteiger charge is -2.38. The van der Waals surface area contributed by atoms with Gasteiger partial charge in [0.15, 0.2) is 0 Å². The van der Waals surface area contributed by atoms with Crippen molar-refractivity contribution >= 4 is 35.0 Å². The SMILES string of the molecule is N#Cc1cncc(COc2cc(O[C@H]3CCc4c(-c5cccc(OCCCN6CC(O)C6)c5Cl)cccc43)c(Cl)cc2CN2CCCC3(CC(=O)NC3=O)C2)c1. The van der Waals surface area contributed by atoms with Crippen LogP contribution < -0.4 is 19.5 Å². The van der Waals surface area contributed by atoms with E-state index in [0.717, 1.165) is 85.2 Å². The molecule has 0 bridgehead atoms. The number of nitrogens with one attached hydrogen (secondary N) is 1. The zero-order chi connectivity index (χ0) is 38.8. The predicted molar refractivity (Wildman–Crippen MR) is 211 cm³/mol. The number of β-amino-alcohol motifs (C(OH)–C–C–N with tert-alkyl or cyclic N) is 1. The maximum atomic E-state index is 12.8. The highest BCUT2D eigenvalue weighted by molar-refractivity contribution is 6.35. The van der Waals surface area contributed by atoms with E-state index in [-0.39, 0.29) is 37.0 Å². The lowest BCUT2D eigenvalue weighted by atomic mass is 9.78. The van der Waals surface area contributed by atoms with Crippen LogP contribution in [0.1, 0.15) is 66.0 Å². The number of halogens is 2. The number of piperidine rings is 1. The number of nitrogens with zero attached hydrogens (tertiary/aromatic N) is 4. The lowest BCUT2D eigenvalue weighted by molar-refractivity contribution is -0.131. The van der Waals surface area contributed by atoms with E-state index >= 15 is 0 Å². The molecule has 11 nitrogen and oxygen atoms in total. The van der Waals surface area contributed by atoms with Crippen LogP contribution in [-0.4, -0.2) is 77.1 Å². The van der Waals surface area contributed by atoms with E-state index < -0.39 is 5.41 Å². The molecule has 13 heteroatoms. The zero-order valence-electron chi connectivity index (χ0n) is 30.9. The van der Waals surface area contributed by atoms with Crippen molar-refractivity contribution in [3.05, 3.63) is 105 Å². The molecule has 1 unspecified atom stereocenters. The summed E-state index contributed by atoms with van der Waals surface area (Å²) in [5, 5.41) is 22.5. The molecule has 1 aromatic heterocycles. The fourth-order valence-corrected chi connectivity index (χ4v) is 9.02. The number of ether oxygens (including phenoxy) is 3. The Bertz CT molecular complexity index is 2190. The van der Waals surface area contributed by atoms with Gasteiger partial charge in [-0.3, -0.25) is 29.7 Å². The first kappa shape index (κ1) is 38.2. The van der Waals surface area contributed by atoms with Gasteiger partial charge < -0.3 is 19.3 Å². The van der Waals surface area contributed by atoms with Crippen molar-refractivity contribution in [1.82, 2.24) is 20.1 Å². The zero-order valence-corrected chi connectivity index (χ0v) is 32.5. The first-order valence-corrected chi connectivity index (χ1v) is 19.9. The molecule has 3 fully saturated rings. The van der Waals surface area contributed by atoms with Gasteiger partial charge in [-0.15, -0.1) is 0 Å². The number of hydrogen-bond acceptors (Lipinski definition) is 10. The van der Waals surface area contributed by atoms with Crippen molar-refractivity contribution in [3.63, 3.8) is 0 Å². The summed E-state index contributed by atoms with van der Waals surface area (Å²) in [5.41, 5.74) is 5.44. The Kier molecular flexibility index (Phi) is 11.2. The summed E-state index contributed by atoms with van der Waals surface area (Å²) in [6.45, 7) is 4.68. The van der Waals surface area contributed by atoms with E-state index in [1.54, 1.807) is 12.3 Å². The number of rotatable bonds is 13. The highest BCUT2D eigenvalue weighted by Crippen LogP contribution is 2.46.